The lowest BCUT2D eigenvalue weighted by Gasteiger charge is -2.31. The summed E-state index contributed by atoms with van der Waals surface area (Å²) < 4.78 is 24.3. The Morgan fingerprint density at radius 1 is 0.973 bits per heavy atom. The van der Waals surface area contributed by atoms with E-state index in [1.54, 1.807) is 35.4 Å². The van der Waals surface area contributed by atoms with Crippen LogP contribution in [0.2, 0.25) is 0 Å². The van der Waals surface area contributed by atoms with Gasteiger partial charge in [0, 0.05) is 38.4 Å². The number of rotatable bonds is 10. The molecule has 1 N–H and O–H groups in total. The van der Waals surface area contributed by atoms with Crippen LogP contribution < -0.4 is 5.32 Å². The molecule has 0 saturated carbocycles. The van der Waals surface area contributed by atoms with Crippen LogP contribution in [0.25, 0.3) is 0 Å². The van der Waals surface area contributed by atoms with Crippen LogP contribution in [0, 0.1) is 12.7 Å². The van der Waals surface area contributed by atoms with Crippen molar-refractivity contribution >= 4 is 17.6 Å². The predicted octanol–water partition coefficient (Wildman–Crippen LogP) is 4.12. The lowest BCUT2D eigenvalue weighted by molar-refractivity contribution is -0.133. The van der Waals surface area contributed by atoms with Crippen molar-refractivity contribution in [2.45, 2.75) is 20.0 Å². The molecule has 8 nitrogen and oxygen atoms in total. The van der Waals surface area contributed by atoms with Crippen LogP contribution in [0.5, 0.6) is 0 Å². The number of benzene rings is 2. The summed E-state index contributed by atoms with van der Waals surface area (Å²) in [5.41, 5.74) is 2.54. The average molecular weight is 509 g/mol. The summed E-state index contributed by atoms with van der Waals surface area (Å²) in [6.07, 6.45) is 1.56. The van der Waals surface area contributed by atoms with E-state index in [-0.39, 0.29) is 37.4 Å². The van der Waals surface area contributed by atoms with E-state index in [1.165, 1.54) is 17.0 Å². The highest BCUT2D eigenvalue weighted by Gasteiger charge is 2.24. The molecular weight excluding hydrogens is 475 g/mol. The van der Waals surface area contributed by atoms with Crippen LogP contribution >= 0.6 is 0 Å². The number of anilines is 1. The molecule has 196 valence electrons. The van der Waals surface area contributed by atoms with Gasteiger partial charge in [-0.3, -0.25) is 9.69 Å². The molecule has 1 aliphatic heterocycles. The first kappa shape index (κ1) is 26.4. The van der Waals surface area contributed by atoms with Crippen LogP contribution in [0.15, 0.2) is 71.3 Å². The molecule has 1 aliphatic rings. The van der Waals surface area contributed by atoms with Gasteiger partial charge in [0.05, 0.1) is 26.0 Å². The van der Waals surface area contributed by atoms with Crippen LogP contribution in [0.1, 0.15) is 16.9 Å². The second-order valence-corrected chi connectivity index (χ2v) is 9.13. The molecule has 2 heterocycles. The van der Waals surface area contributed by atoms with E-state index in [2.05, 4.69) is 10.2 Å². The van der Waals surface area contributed by atoms with Gasteiger partial charge in [0.1, 0.15) is 18.1 Å². The summed E-state index contributed by atoms with van der Waals surface area (Å²) in [5.74, 6) is 0.0518. The highest BCUT2D eigenvalue weighted by molar-refractivity contribution is 5.92. The van der Waals surface area contributed by atoms with Gasteiger partial charge in [0.2, 0.25) is 5.91 Å². The van der Waals surface area contributed by atoms with Crippen molar-refractivity contribution in [3.63, 3.8) is 0 Å². The lowest BCUT2D eigenvalue weighted by atomic mass is 10.2. The number of halogens is 1. The zero-order valence-corrected chi connectivity index (χ0v) is 21.1. The minimum absolute atomic E-state index is 0.107. The molecule has 2 aromatic carbocycles. The van der Waals surface area contributed by atoms with Crippen molar-refractivity contribution < 1.29 is 23.1 Å². The van der Waals surface area contributed by atoms with E-state index in [0.29, 0.717) is 37.8 Å². The number of nitrogens with zero attached hydrogens (tertiary/aromatic N) is 3. The lowest BCUT2D eigenvalue weighted by Crippen LogP contribution is -2.48. The third-order valence-electron chi connectivity index (χ3n) is 6.27. The van der Waals surface area contributed by atoms with Gasteiger partial charge in [-0.1, -0.05) is 29.8 Å². The molecule has 1 saturated heterocycles. The molecule has 0 unspecified atom stereocenters. The Morgan fingerprint density at radius 3 is 2.38 bits per heavy atom. The number of amides is 3. The summed E-state index contributed by atoms with van der Waals surface area (Å²) in [5, 5.41) is 2.92. The van der Waals surface area contributed by atoms with E-state index < -0.39 is 0 Å². The Hall–Kier alpha value is -3.69. The number of urea groups is 1. The summed E-state index contributed by atoms with van der Waals surface area (Å²) in [7, 11) is 0. The molecular formula is C28H33FN4O4. The summed E-state index contributed by atoms with van der Waals surface area (Å²) in [6, 6.07) is 16.8. The van der Waals surface area contributed by atoms with Crippen LogP contribution in [-0.2, 0) is 22.6 Å². The molecule has 1 aromatic heterocycles. The zero-order chi connectivity index (χ0) is 26.0. The maximum atomic E-state index is 13.6. The van der Waals surface area contributed by atoms with Crippen molar-refractivity contribution in [1.29, 1.82) is 0 Å². The van der Waals surface area contributed by atoms with Gasteiger partial charge in [-0.2, -0.15) is 0 Å². The normalized spacial score (nSPS) is 13.8. The highest BCUT2D eigenvalue weighted by atomic mass is 19.1. The summed E-state index contributed by atoms with van der Waals surface area (Å²) >= 11 is 0. The fourth-order valence-electron chi connectivity index (χ4n) is 4.08. The fourth-order valence-corrected chi connectivity index (χ4v) is 4.08. The average Bonchev–Trinajstić information content (AvgIpc) is 3.42. The monoisotopic (exact) mass is 508 g/mol. The number of hydrogen-bond donors (Lipinski definition) is 1. The van der Waals surface area contributed by atoms with E-state index in [1.807, 2.05) is 31.2 Å². The van der Waals surface area contributed by atoms with Crippen molar-refractivity contribution in [2.75, 3.05) is 51.3 Å². The minimum atomic E-state index is -0.342. The smallest absolute Gasteiger partial charge is 0.322 e. The molecule has 0 spiro atoms. The number of ether oxygens (including phenoxy) is 1. The van der Waals surface area contributed by atoms with Crippen molar-refractivity contribution in [1.82, 2.24) is 14.7 Å². The SMILES string of the molecule is Cc1ccc(NC(=O)N(CCN2CCOCC2)CC(=O)N(Cc2ccc(F)cc2)Cc2ccco2)cc1. The van der Waals surface area contributed by atoms with E-state index in [0.717, 1.165) is 24.2 Å². The number of morpholine rings is 1. The summed E-state index contributed by atoms with van der Waals surface area (Å²) in [6.45, 7) is 6.27. The molecule has 0 radical (unpaired) electrons. The maximum absolute atomic E-state index is 13.6. The third kappa shape index (κ3) is 8.16. The van der Waals surface area contributed by atoms with Crippen molar-refractivity contribution in [3.8, 4) is 0 Å². The van der Waals surface area contributed by atoms with Crippen LogP contribution in [-0.4, -0.2) is 72.6 Å². The number of hydrogen-bond acceptors (Lipinski definition) is 5. The first-order chi connectivity index (χ1) is 18.0. The largest absolute Gasteiger partial charge is 0.467 e. The predicted molar refractivity (Wildman–Crippen MR) is 138 cm³/mol. The number of nitrogens with one attached hydrogen (secondary N) is 1. The Labute approximate surface area is 216 Å². The van der Waals surface area contributed by atoms with Gasteiger partial charge in [-0.25, -0.2) is 9.18 Å². The third-order valence-corrected chi connectivity index (χ3v) is 6.27. The first-order valence-corrected chi connectivity index (χ1v) is 12.4. The topological polar surface area (TPSA) is 78.3 Å². The van der Waals surface area contributed by atoms with Crippen LogP contribution in [0.4, 0.5) is 14.9 Å². The second kappa shape index (κ2) is 13.0. The van der Waals surface area contributed by atoms with Crippen molar-refractivity contribution in [3.05, 3.63) is 89.6 Å². The Kier molecular flexibility index (Phi) is 9.29. The van der Waals surface area contributed by atoms with Gasteiger partial charge >= 0.3 is 6.03 Å². The molecule has 0 atom stereocenters. The van der Waals surface area contributed by atoms with E-state index in [9.17, 15) is 14.0 Å². The number of carbonyl (C=O) groups is 2. The Bertz CT molecular complexity index is 1130. The van der Waals surface area contributed by atoms with Gasteiger partial charge in [0.25, 0.3) is 0 Å². The molecule has 9 heteroatoms. The second-order valence-electron chi connectivity index (χ2n) is 9.13. The highest BCUT2D eigenvalue weighted by Crippen LogP contribution is 2.14. The van der Waals surface area contributed by atoms with Crippen molar-refractivity contribution in [2.24, 2.45) is 0 Å². The Morgan fingerprint density at radius 2 is 1.70 bits per heavy atom. The fraction of sp³-hybridized carbons (Fsp3) is 0.357. The molecule has 37 heavy (non-hydrogen) atoms. The Balaban J connectivity index is 1.48. The van der Waals surface area contributed by atoms with Gasteiger partial charge < -0.3 is 24.3 Å². The molecule has 3 aromatic rings. The molecule has 0 aliphatic carbocycles. The van der Waals surface area contributed by atoms with Gasteiger partial charge in [0.15, 0.2) is 0 Å². The molecule has 4 rings (SSSR count). The number of carbonyl (C=O) groups excluding carboxylic acids is 2. The number of aryl methyl sites for hydroxylation is 1. The first-order valence-electron chi connectivity index (χ1n) is 12.4. The number of furan rings is 1. The molecule has 1 fully saturated rings. The maximum Gasteiger partial charge on any atom is 0.322 e. The van der Waals surface area contributed by atoms with Gasteiger partial charge in [-0.15, -0.1) is 0 Å². The summed E-state index contributed by atoms with van der Waals surface area (Å²) in [4.78, 5) is 32.2. The molecule has 0 bridgehead atoms. The van der Waals surface area contributed by atoms with E-state index >= 15 is 0 Å². The quantitative estimate of drug-likeness (QED) is 0.446. The standard InChI is InChI=1S/C28H33FN4O4/c1-22-4-10-25(11-5-22)30-28(35)32(13-12-31-14-17-36-18-15-31)21-27(34)33(20-26-3-2-16-37-26)19-23-6-8-24(29)9-7-23/h2-11,16H,12-15,17-21H2,1H3,(H,30,35). The van der Waals surface area contributed by atoms with Gasteiger partial charge in [-0.05, 0) is 48.9 Å². The van der Waals surface area contributed by atoms with E-state index in [4.69, 9.17) is 9.15 Å². The minimum Gasteiger partial charge on any atom is -0.467 e. The van der Waals surface area contributed by atoms with Crippen LogP contribution in [0.3, 0.4) is 0 Å². The molecule has 3 amide bonds. The zero-order valence-electron chi connectivity index (χ0n) is 21.1.